The van der Waals surface area contributed by atoms with Crippen LogP contribution in [0.4, 0.5) is 5.69 Å². The molecule has 0 aliphatic rings. The molecule has 32 heavy (non-hydrogen) atoms. The number of amides is 1. The largest absolute Gasteiger partial charge is 0.493 e. The zero-order valence-corrected chi connectivity index (χ0v) is 18.7. The fraction of sp³-hybridized carbons (Fsp3) is 0.269. The van der Waals surface area contributed by atoms with E-state index in [4.69, 9.17) is 0 Å². The molecule has 6 nitrogen and oxygen atoms in total. The minimum atomic E-state index is -0.445. The molecule has 0 bridgehead atoms. The lowest BCUT2D eigenvalue weighted by atomic mass is 10.2. The average molecular weight is 429 g/mol. The summed E-state index contributed by atoms with van der Waals surface area (Å²) in [6.45, 7) is 6.94. The van der Waals surface area contributed by atoms with E-state index in [2.05, 4.69) is 33.9 Å². The van der Waals surface area contributed by atoms with Gasteiger partial charge in [0.25, 0.3) is 5.91 Å². The lowest BCUT2D eigenvalue weighted by Gasteiger charge is -2.09. The molecule has 0 fully saturated rings. The summed E-state index contributed by atoms with van der Waals surface area (Å²) in [6, 6.07) is 19.1. The quantitative estimate of drug-likeness (QED) is 0.258. The first-order valence-corrected chi connectivity index (χ1v) is 11.0. The normalized spacial score (nSPS) is 11.6. The second-order valence-electron chi connectivity index (χ2n) is 8.05. The third-order valence-corrected chi connectivity index (χ3v) is 5.79. The zero-order chi connectivity index (χ0) is 22.7. The number of carbonyl (C=O) groups is 1. The van der Waals surface area contributed by atoms with Gasteiger partial charge in [0.1, 0.15) is 0 Å². The number of aromatic hydroxyl groups is 1. The Morgan fingerprint density at radius 3 is 2.31 bits per heavy atom. The van der Waals surface area contributed by atoms with Crippen molar-refractivity contribution in [1.29, 1.82) is 0 Å². The van der Waals surface area contributed by atoms with Gasteiger partial charge < -0.3 is 14.2 Å². The maximum Gasteiger partial charge on any atom is 0.295 e. The molecule has 0 unspecified atom stereocenters. The highest BCUT2D eigenvalue weighted by atomic mass is 16.3. The number of unbranched alkanes of at least 4 members (excludes halogenated alkanes) is 2. The Hall–Kier alpha value is -3.67. The molecule has 0 aliphatic heterocycles. The third kappa shape index (κ3) is 4.08. The van der Waals surface area contributed by atoms with Crippen molar-refractivity contribution in [2.45, 2.75) is 46.6 Å². The second kappa shape index (κ2) is 9.22. The van der Waals surface area contributed by atoms with Crippen LogP contribution in [0.2, 0.25) is 0 Å². The minimum Gasteiger partial charge on any atom is -0.493 e. The van der Waals surface area contributed by atoms with E-state index >= 15 is 0 Å². The monoisotopic (exact) mass is 428 g/mol. The number of benzene rings is 2. The molecule has 4 rings (SSSR count). The standard InChI is InChI=1S/C26H28N4O2/c1-4-5-8-17-29-23-10-7-6-9-22(23)24(26(29)32)27-28-25(31)20-13-15-21(16-14-20)30-18(2)11-12-19(30)3/h6-7,9-16,32H,4-5,8,17H2,1-3H3. The maximum atomic E-state index is 12.7. The summed E-state index contributed by atoms with van der Waals surface area (Å²) in [5, 5.41) is 19.6. The van der Waals surface area contributed by atoms with E-state index in [0.29, 0.717) is 17.8 Å². The van der Waals surface area contributed by atoms with Crippen LogP contribution in [0, 0.1) is 13.8 Å². The summed E-state index contributed by atoms with van der Waals surface area (Å²) in [7, 11) is 0. The van der Waals surface area contributed by atoms with Crippen LogP contribution in [0.25, 0.3) is 16.6 Å². The molecule has 0 spiro atoms. The lowest BCUT2D eigenvalue weighted by molar-refractivity contribution is 0.0995. The van der Waals surface area contributed by atoms with E-state index in [1.54, 1.807) is 12.1 Å². The molecule has 0 saturated heterocycles. The first-order chi connectivity index (χ1) is 15.5. The van der Waals surface area contributed by atoms with Crippen LogP contribution < -0.4 is 0 Å². The summed E-state index contributed by atoms with van der Waals surface area (Å²) in [4.78, 5) is 12.7. The van der Waals surface area contributed by atoms with Crippen LogP contribution in [0.1, 0.15) is 47.9 Å². The van der Waals surface area contributed by atoms with Crippen LogP contribution in [-0.4, -0.2) is 20.1 Å². The van der Waals surface area contributed by atoms with E-state index in [-0.39, 0.29) is 5.88 Å². The Kier molecular flexibility index (Phi) is 6.21. The van der Waals surface area contributed by atoms with Crippen molar-refractivity contribution in [1.82, 2.24) is 9.13 Å². The Morgan fingerprint density at radius 1 is 0.938 bits per heavy atom. The topological polar surface area (TPSA) is 71.9 Å². The van der Waals surface area contributed by atoms with E-state index in [1.165, 1.54) is 0 Å². The summed E-state index contributed by atoms with van der Waals surface area (Å²) in [5.74, 6) is -0.396. The van der Waals surface area contributed by atoms with Crippen LogP contribution in [-0.2, 0) is 6.54 Å². The van der Waals surface area contributed by atoms with Crippen molar-refractivity contribution in [2.75, 3.05) is 0 Å². The molecule has 0 saturated carbocycles. The molecule has 2 aromatic carbocycles. The van der Waals surface area contributed by atoms with Crippen molar-refractivity contribution < 1.29 is 9.90 Å². The number of rotatable bonds is 7. The zero-order valence-electron chi connectivity index (χ0n) is 18.7. The van der Waals surface area contributed by atoms with Crippen LogP contribution >= 0.6 is 0 Å². The predicted octanol–water partition coefficient (Wildman–Crippen LogP) is 6.87. The smallest absolute Gasteiger partial charge is 0.295 e. The molecule has 1 N–H and O–H groups in total. The molecule has 6 heteroatoms. The fourth-order valence-electron chi connectivity index (χ4n) is 4.10. The molecule has 0 atom stereocenters. The van der Waals surface area contributed by atoms with Gasteiger partial charge in [-0.25, -0.2) is 0 Å². The number of hydrogen-bond acceptors (Lipinski definition) is 3. The van der Waals surface area contributed by atoms with Gasteiger partial charge in [-0.05, 0) is 62.7 Å². The predicted molar refractivity (Wildman–Crippen MR) is 127 cm³/mol. The molecule has 2 heterocycles. The summed E-state index contributed by atoms with van der Waals surface area (Å²) in [5.41, 5.74) is 4.93. The molecular weight excluding hydrogens is 400 g/mol. The Labute approximate surface area is 187 Å². The van der Waals surface area contributed by atoms with Crippen molar-refractivity contribution >= 4 is 22.5 Å². The first kappa shape index (κ1) is 21.6. The molecule has 0 radical (unpaired) electrons. The molecule has 164 valence electrons. The van der Waals surface area contributed by atoms with E-state index < -0.39 is 5.91 Å². The van der Waals surface area contributed by atoms with Crippen molar-refractivity contribution in [3.63, 3.8) is 0 Å². The number of azo groups is 1. The van der Waals surface area contributed by atoms with Crippen LogP contribution in [0.15, 0.2) is 70.9 Å². The Bertz CT molecular complexity index is 1260. The Balaban J connectivity index is 1.59. The van der Waals surface area contributed by atoms with Gasteiger partial charge in [0, 0.05) is 34.6 Å². The van der Waals surface area contributed by atoms with Gasteiger partial charge in [0.05, 0.1) is 5.52 Å². The van der Waals surface area contributed by atoms with E-state index in [9.17, 15) is 9.90 Å². The Morgan fingerprint density at radius 2 is 1.62 bits per heavy atom. The van der Waals surface area contributed by atoms with E-state index in [0.717, 1.165) is 47.2 Å². The lowest BCUT2D eigenvalue weighted by Crippen LogP contribution is -2.00. The highest BCUT2D eigenvalue weighted by molar-refractivity contribution is 5.97. The SMILES string of the molecule is CCCCCn1c(O)c(N=NC(=O)c2ccc(-n3c(C)ccc3C)cc2)c2ccccc21. The number of para-hydroxylation sites is 1. The van der Waals surface area contributed by atoms with Crippen molar-refractivity contribution in [3.05, 3.63) is 77.6 Å². The number of hydrogen-bond donors (Lipinski definition) is 1. The molecule has 2 aromatic heterocycles. The number of aromatic nitrogens is 2. The molecule has 4 aromatic rings. The first-order valence-electron chi connectivity index (χ1n) is 11.0. The highest BCUT2D eigenvalue weighted by Crippen LogP contribution is 2.39. The summed E-state index contributed by atoms with van der Waals surface area (Å²) < 4.78 is 3.97. The second-order valence-corrected chi connectivity index (χ2v) is 8.05. The van der Waals surface area contributed by atoms with Gasteiger partial charge in [-0.1, -0.05) is 38.0 Å². The van der Waals surface area contributed by atoms with Crippen molar-refractivity contribution in [2.24, 2.45) is 10.2 Å². The maximum absolute atomic E-state index is 12.7. The summed E-state index contributed by atoms with van der Waals surface area (Å²) >= 11 is 0. The van der Waals surface area contributed by atoms with Gasteiger partial charge in [-0.3, -0.25) is 4.79 Å². The third-order valence-electron chi connectivity index (χ3n) is 5.79. The highest BCUT2D eigenvalue weighted by Gasteiger charge is 2.16. The van der Waals surface area contributed by atoms with E-state index in [1.807, 2.05) is 54.8 Å². The van der Waals surface area contributed by atoms with Gasteiger partial charge >= 0.3 is 0 Å². The van der Waals surface area contributed by atoms with Gasteiger partial charge in [0.15, 0.2) is 5.69 Å². The van der Waals surface area contributed by atoms with Crippen LogP contribution in [0.5, 0.6) is 5.88 Å². The number of carbonyl (C=O) groups excluding carboxylic acids is 1. The minimum absolute atomic E-state index is 0.0489. The molecule has 0 aliphatic carbocycles. The average Bonchev–Trinajstić information content (AvgIpc) is 3.28. The van der Waals surface area contributed by atoms with Gasteiger partial charge in [-0.2, -0.15) is 0 Å². The van der Waals surface area contributed by atoms with Gasteiger partial charge in [-0.15, -0.1) is 10.2 Å². The van der Waals surface area contributed by atoms with Gasteiger partial charge in [0.2, 0.25) is 5.88 Å². The summed E-state index contributed by atoms with van der Waals surface area (Å²) in [6.07, 6.45) is 3.15. The fourth-order valence-corrected chi connectivity index (χ4v) is 4.10. The number of nitrogens with zero attached hydrogens (tertiary/aromatic N) is 4. The molecule has 1 amide bonds. The van der Waals surface area contributed by atoms with Crippen molar-refractivity contribution in [3.8, 4) is 11.6 Å². The molecular formula is C26H28N4O2. The number of aryl methyl sites for hydroxylation is 3. The number of fused-ring (bicyclic) bond motifs is 1. The van der Waals surface area contributed by atoms with Crippen LogP contribution in [0.3, 0.4) is 0 Å².